The highest BCUT2D eigenvalue weighted by Gasteiger charge is 2.31. The normalized spacial score (nSPS) is 18.7. The van der Waals surface area contributed by atoms with Crippen molar-refractivity contribution in [1.82, 2.24) is 10.2 Å². The van der Waals surface area contributed by atoms with E-state index >= 15 is 0 Å². The summed E-state index contributed by atoms with van der Waals surface area (Å²) in [4.78, 5) is 15.3. The van der Waals surface area contributed by atoms with Crippen LogP contribution in [0, 0.1) is 0 Å². The molecule has 2 aromatic rings. The smallest absolute Gasteiger partial charge is 0.254 e. The maximum Gasteiger partial charge on any atom is 0.254 e. The Kier molecular flexibility index (Phi) is 9.58. The first kappa shape index (κ1) is 24.8. The molecule has 0 bridgehead atoms. The van der Waals surface area contributed by atoms with Crippen LogP contribution in [0.3, 0.4) is 0 Å². The maximum atomic E-state index is 13.2. The number of carbonyl (C=O) groups is 1. The second kappa shape index (κ2) is 12.4. The molecule has 4 nitrogen and oxygen atoms in total. The highest BCUT2D eigenvalue weighted by molar-refractivity contribution is 6.30. The molecule has 1 fully saturated rings. The molecular formula is C27H37ClN2O2. The minimum atomic E-state index is 0.107. The van der Waals surface area contributed by atoms with Gasteiger partial charge in [0.25, 0.3) is 5.91 Å². The molecule has 3 rings (SSSR count). The van der Waals surface area contributed by atoms with Gasteiger partial charge in [0, 0.05) is 35.8 Å². The summed E-state index contributed by atoms with van der Waals surface area (Å²) in [5.74, 6) is 0.674. The first-order valence-electron chi connectivity index (χ1n) is 12.0. The molecule has 0 spiro atoms. The average Bonchev–Trinajstić information content (AvgIpc) is 2.80. The predicted octanol–water partition coefficient (Wildman–Crippen LogP) is 5.78. The van der Waals surface area contributed by atoms with Crippen molar-refractivity contribution in [2.75, 3.05) is 13.2 Å². The monoisotopic (exact) mass is 456 g/mol. The minimum Gasteiger partial charge on any atom is -0.396 e. The summed E-state index contributed by atoms with van der Waals surface area (Å²) in [6, 6.07) is 16.7. The molecule has 0 saturated heterocycles. The predicted molar refractivity (Wildman–Crippen MR) is 132 cm³/mol. The van der Waals surface area contributed by atoms with Crippen molar-refractivity contribution in [3.8, 4) is 0 Å². The molecule has 0 aliphatic heterocycles. The Morgan fingerprint density at radius 1 is 1.03 bits per heavy atom. The molecule has 5 heteroatoms. The van der Waals surface area contributed by atoms with E-state index in [-0.39, 0.29) is 24.6 Å². The van der Waals surface area contributed by atoms with Gasteiger partial charge < -0.3 is 15.3 Å². The minimum absolute atomic E-state index is 0.107. The lowest BCUT2D eigenvalue weighted by Gasteiger charge is -2.39. The summed E-state index contributed by atoms with van der Waals surface area (Å²) in [5.41, 5.74) is 3.42. The number of halogens is 1. The summed E-state index contributed by atoms with van der Waals surface area (Å²) < 4.78 is 0. The van der Waals surface area contributed by atoms with Crippen molar-refractivity contribution in [1.29, 1.82) is 0 Å². The van der Waals surface area contributed by atoms with Crippen LogP contribution in [0.1, 0.15) is 79.8 Å². The quantitative estimate of drug-likeness (QED) is 0.445. The van der Waals surface area contributed by atoms with E-state index in [9.17, 15) is 4.79 Å². The van der Waals surface area contributed by atoms with Crippen LogP contribution >= 0.6 is 11.6 Å². The number of hydrogen-bond acceptors (Lipinski definition) is 3. The molecule has 2 aromatic carbocycles. The second-order valence-electron chi connectivity index (χ2n) is 9.17. The Hall–Kier alpha value is -1.88. The Balaban J connectivity index is 1.54. The number of amides is 1. The molecule has 0 heterocycles. The summed E-state index contributed by atoms with van der Waals surface area (Å²) in [6.07, 6.45) is 6.16. The Bertz CT molecular complexity index is 828. The third-order valence-electron chi connectivity index (χ3n) is 6.51. The van der Waals surface area contributed by atoms with Gasteiger partial charge >= 0.3 is 0 Å². The molecule has 1 amide bonds. The second-order valence-corrected chi connectivity index (χ2v) is 9.60. The summed E-state index contributed by atoms with van der Waals surface area (Å²) in [6.45, 7) is 6.29. The average molecular weight is 457 g/mol. The molecule has 0 aromatic heterocycles. The lowest BCUT2D eigenvalue weighted by Crippen LogP contribution is -2.46. The van der Waals surface area contributed by atoms with Crippen LogP contribution in [-0.4, -0.2) is 41.1 Å². The van der Waals surface area contributed by atoms with E-state index < -0.39 is 0 Å². The topological polar surface area (TPSA) is 52.6 Å². The first-order chi connectivity index (χ1) is 15.5. The number of nitrogens with zero attached hydrogens (tertiary/aromatic N) is 1. The van der Waals surface area contributed by atoms with E-state index in [0.717, 1.165) is 51.6 Å². The summed E-state index contributed by atoms with van der Waals surface area (Å²) in [7, 11) is 0. The van der Waals surface area contributed by atoms with E-state index in [4.69, 9.17) is 16.7 Å². The standard InChI is InChI=1S/C27H37ClN2O2/c1-20(2)30(27(32)24-9-13-25(28)14-10-24)26-15-11-23(12-16-26)22-7-5-21(6-8-22)19-29-17-3-4-18-31/h5-10,13-14,20,23,26,29,31H,3-4,11-12,15-19H2,1-2H3. The Labute approximate surface area is 198 Å². The molecule has 0 unspecified atom stereocenters. The van der Waals surface area contributed by atoms with E-state index in [0.29, 0.717) is 16.5 Å². The van der Waals surface area contributed by atoms with Gasteiger partial charge in [-0.2, -0.15) is 0 Å². The van der Waals surface area contributed by atoms with Gasteiger partial charge in [0.2, 0.25) is 0 Å². The van der Waals surface area contributed by atoms with Gasteiger partial charge in [0.05, 0.1) is 0 Å². The number of aliphatic hydroxyl groups excluding tert-OH is 1. The number of carbonyl (C=O) groups excluding carboxylic acids is 1. The Morgan fingerprint density at radius 2 is 1.69 bits per heavy atom. The number of unbranched alkanes of at least 4 members (excludes halogenated alkanes) is 1. The number of benzene rings is 2. The lowest BCUT2D eigenvalue weighted by molar-refractivity contribution is 0.0545. The van der Waals surface area contributed by atoms with Crippen LogP contribution in [0.4, 0.5) is 0 Å². The molecular weight excluding hydrogens is 420 g/mol. The van der Waals surface area contributed by atoms with Crippen molar-refractivity contribution < 1.29 is 9.90 Å². The van der Waals surface area contributed by atoms with Crippen molar-refractivity contribution in [2.24, 2.45) is 0 Å². The van der Waals surface area contributed by atoms with Crippen LogP contribution in [0.5, 0.6) is 0 Å². The van der Waals surface area contributed by atoms with E-state index in [2.05, 4.69) is 48.3 Å². The summed E-state index contributed by atoms with van der Waals surface area (Å²) >= 11 is 6.00. The van der Waals surface area contributed by atoms with E-state index in [1.807, 2.05) is 12.1 Å². The van der Waals surface area contributed by atoms with Gasteiger partial charge in [-0.15, -0.1) is 0 Å². The van der Waals surface area contributed by atoms with Crippen LogP contribution in [0.15, 0.2) is 48.5 Å². The van der Waals surface area contributed by atoms with Crippen LogP contribution in [0.25, 0.3) is 0 Å². The highest BCUT2D eigenvalue weighted by atomic mass is 35.5. The van der Waals surface area contributed by atoms with Gasteiger partial charge in [-0.1, -0.05) is 35.9 Å². The SMILES string of the molecule is CC(C)N(C(=O)c1ccc(Cl)cc1)C1CCC(c2ccc(CNCCCCO)cc2)CC1. The Morgan fingerprint density at radius 3 is 2.28 bits per heavy atom. The first-order valence-corrected chi connectivity index (χ1v) is 12.4. The summed E-state index contributed by atoms with van der Waals surface area (Å²) in [5, 5.41) is 12.9. The number of aliphatic hydroxyl groups is 1. The largest absolute Gasteiger partial charge is 0.396 e. The van der Waals surface area contributed by atoms with E-state index in [1.54, 1.807) is 12.1 Å². The third-order valence-corrected chi connectivity index (χ3v) is 6.77. The van der Waals surface area contributed by atoms with E-state index in [1.165, 1.54) is 11.1 Å². The maximum absolute atomic E-state index is 13.2. The van der Waals surface area contributed by atoms with Gasteiger partial charge in [0.15, 0.2) is 0 Å². The van der Waals surface area contributed by atoms with Crippen molar-refractivity contribution in [2.45, 2.75) is 76.9 Å². The van der Waals surface area contributed by atoms with Gasteiger partial charge in [0.1, 0.15) is 0 Å². The van der Waals surface area contributed by atoms with Crippen LogP contribution in [-0.2, 0) is 6.54 Å². The highest BCUT2D eigenvalue weighted by Crippen LogP contribution is 2.36. The fourth-order valence-electron chi connectivity index (χ4n) is 4.75. The number of rotatable bonds is 10. The fraction of sp³-hybridized carbons (Fsp3) is 0.519. The number of hydrogen-bond donors (Lipinski definition) is 2. The lowest BCUT2D eigenvalue weighted by atomic mass is 9.80. The zero-order valence-corrected chi connectivity index (χ0v) is 20.2. The van der Waals surface area contributed by atoms with Crippen molar-refractivity contribution in [3.63, 3.8) is 0 Å². The molecule has 1 aliphatic carbocycles. The molecule has 174 valence electrons. The fourth-order valence-corrected chi connectivity index (χ4v) is 4.88. The molecule has 1 aliphatic rings. The van der Waals surface area contributed by atoms with Crippen LogP contribution in [0.2, 0.25) is 5.02 Å². The van der Waals surface area contributed by atoms with Crippen molar-refractivity contribution in [3.05, 3.63) is 70.2 Å². The van der Waals surface area contributed by atoms with Crippen LogP contribution < -0.4 is 5.32 Å². The zero-order valence-electron chi connectivity index (χ0n) is 19.4. The van der Waals surface area contributed by atoms with Gasteiger partial charge in [-0.05, 0) is 100 Å². The van der Waals surface area contributed by atoms with Gasteiger partial charge in [-0.3, -0.25) is 4.79 Å². The third kappa shape index (κ3) is 6.81. The number of nitrogens with one attached hydrogen (secondary N) is 1. The molecule has 1 saturated carbocycles. The van der Waals surface area contributed by atoms with Crippen molar-refractivity contribution >= 4 is 17.5 Å². The molecule has 0 radical (unpaired) electrons. The zero-order chi connectivity index (χ0) is 22.9. The molecule has 0 atom stereocenters. The van der Waals surface area contributed by atoms with Gasteiger partial charge in [-0.25, -0.2) is 0 Å². The molecule has 32 heavy (non-hydrogen) atoms. The molecule has 2 N–H and O–H groups in total.